The van der Waals surface area contributed by atoms with Crippen LogP contribution in [0.4, 0.5) is 0 Å². The van der Waals surface area contributed by atoms with Crippen molar-refractivity contribution < 1.29 is 14.2 Å². The number of epoxide rings is 1. The van der Waals surface area contributed by atoms with Crippen LogP contribution in [0, 0.1) is 0 Å². The van der Waals surface area contributed by atoms with Gasteiger partial charge in [-0.2, -0.15) is 0 Å². The Morgan fingerprint density at radius 1 is 1.50 bits per heavy atom. The first kappa shape index (κ1) is 13.8. The standard InChI is InChI=1S/C14H19BrO3/c1-3-5-12(18-9-10-8-17-10)11-6-4-7-13(16-2)14(11)15/h4,6-7,10,12H,3,5,8-9H2,1-2H3/t10?,12-/m1/s1. The van der Waals surface area contributed by atoms with Gasteiger partial charge in [0.2, 0.25) is 0 Å². The average Bonchev–Trinajstić information content (AvgIpc) is 3.19. The molecule has 2 rings (SSSR count). The number of halogens is 1. The van der Waals surface area contributed by atoms with Crippen molar-refractivity contribution >= 4 is 15.9 Å². The Labute approximate surface area is 117 Å². The Kier molecular flexibility index (Phi) is 5.03. The molecule has 1 aromatic carbocycles. The summed E-state index contributed by atoms with van der Waals surface area (Å²) >= 11 is 3.60. The van der Waals surface area contributed by atoms with Gasteiger partial charge in [-0.15, -0.1) is 0 Å². The van der Waals surface area contributed by atoms with Gasteiger partial charge >= 0.3 is 0 Å². The summed E-state index contributed by atoms with van der Waals surface area (Å²) in [6.45, 7) is 3.67. The van der Waals surface area contributed by atoms with Crippen LogP contribution in [0.3, 0.4) is 0 Å². The van der Waals surface area contributed by atoms with Crippen molar-refractivity contribution in [2.75, 3.05) is 20.3 Å². The maximum atomic E-state index is 5.96. The van der Waals surface area contributed by atoms with Crippen molar-refractivity contribution in [2.24, 2.45) is 0 Å². The zero-order valence-electron chi connectivity index (χ0n) is 10.8. The monoisotopic (exact) mass is 314 g/mol. The van der Waals surface area contributed by atoms with Gasteiger partial charge in [-0.3, -0.25) is 0 Å². The molecule has 0 aromatic heterocycles. The molecule has 3 nitrogen and oxygen atoms in total. The summed E-state index contributed by atoms with van der Waals surface area (Å²) in [5, 5.41) is 0. The van der Waals surface area contributed by atoms with Gasteiger partial charge in [0.05, 0.1) is 30.9 Å². The molecule has 0 bridgehead atoms. The first-order valence-corrected chi connectivity index (χ1v) is 7.11. The van der Waals surface area contributed by atoms with Gasteiger partial charge in [0.25, 0.3) is 0 Å². The first-order chi connectivity index (χ1) is 8.76. The second-order valence-corrected chi connectivity index (χ2v) is 5.22. The highest BCUT2D eigenvalue weighted by atomic mass is 79.9. The lowest BCUT2D eigenvalue weighted by atomic mass is 10.0. The zero-order chi connectivity index (χ0) is 13.0. The molecule has 2 atom stereocenters. The van der Waals surface area contributed by atoms with Crippen molar-refractivity contribution in [2.45, 2.75) is 32.0 Å². The van der Waals surface area contributed by atoms with Crippen molar-refractivity contribution in [3.8, 4) is 5.75 Å². The number of ether oxygens (including phenoxy) is 3. The van der Waals surface area contributed by atoms with Gasteiger partial charge in [0.1, 0.15) is 11.9 Å². The van der Waals surface area contributed by atoms with Crippen LogP contribution in [0.2, 0.25) is 0 Å². The van der Waals surface area contributed by atoms with E-state index >= 15 is 0 Å². The van der Waals surface area contributed by atoms with Gasteiger partial charge in [0.15, 0.2) is 0 Å². The van der Waals surface area contributed by atoms with E-state index in [2.05, 4.69) is 28.9 Å². The highest BCUT2D eigenvalue weighted by Gasteiger charge is 2.25. The molecule has 0 saturated carbocycles. The van der Waals surface area contributed by atoms with Crippen LogP contribution in [-0.4, -0.2) is 26.4 Å². The van der Waals surface area contributed by atoms with E-state index in [0.29, 0.717) is 12.7 Å². The fourth-order valence-electron chi connectivity index (χ4n) is 1.91. The molecular formula is C14H19BrO3. The molecule has 1 heterocycles. The average molecular weight is 315 g/mol. The van der Waals surface area contributed by atoms with E-state index in [9.17, 15) is 0 Å². The molecule has 1 aliphatic heterocycles. The van der Waals surface area contributed by atoms with E-state index in [1.165, 1.54) is 0 Å². The molecule has 1 aliphatic rings. The van der Waals surface area contributed by atoms with E-state index < -0.39 is 0 Å². The van der Waals surface area contributed by atoms with Crippen molar-refractivity contribution in [1.29, 1.82) is 0 Å². The molecule has 1 fully saturated rings. The Morgan fingerprint density at radius 2 is 2.28 bits per heavy atom. The zero-order valence-corrected chi connectivity index (χ0v) is 12.4. The van der Waals surface area contributed by atoms with Crippen LogP contribution >= 0.6 is 15.9 Å². The van der Waals surface area contributed by atoms with Crippen LogP contribution in [0.5, 0.6) is 5.75 Å². The van der Waals surface area contributed by atoms with E-state index in [4.69, 9.17) is 14.2 Å². The number of rotatable bonds is 7. The van der Waals surface area contributed by atoms with Crippen molar-refractivity contribution in [3.63, 3.8) is 0 Å². The summed E-state index contributed by atoms with van der Waals surface area (Å²) in [5.74, 6) is 0.847. The minimum absolute atomic E-state index is 0.101. The lowest BCUT2D eigenvalue weighted by Crippen LogP contribution is -2.10. The second-order valence-electron chi connectivity index (χ2n) is 4.43. The highest BCUT2D eigenvalue weighted by molar-refractivity contribution is 9.10. The molecule has 1 saturated heterocycles. The summed E-state index contributed by atoms with van der Waals surface area (Å²) in [5.41, 5.74) is 1.15. The van der Waals surface area contributed by atoms with Crippen molar-refractivity contribution in [3.05, 3.63) is 28.2 Å². The van der Waals surface area contributed by atoms with Gasteiger partial charge in [-0.05, 0) is 34.0 Å². The Hall–Kier alpha value is -0.580. The second kappa shape index (κ2) is 6.55. The van der Waals surface area contributed by atoms with Crippen LogP contribution in [0.15, 0.2) is 22.7 Å². The first-order valence-electron chi connectivity index (χ1n) is 6.31. The minimum atomic E-state index is 0.101. The maximum Gasteiger partial charge on any atom is 0.133 e. The molecule has 0 aliphatic carbocycles. The Morgan fingerprint density at radius 3 is 2.89 bits per heavy atom. The third-order valence-electron chi connectivity index (χ3n) is 3.00. The summed E-state index contributed by atoms with van der Waals surface area (Å²) in [6.07, 6.45) is 2.48. The van der Waals surface area contributed by atoms with Gasteiger partial charge in [0, 0.05) is 0 Å². The molecule has 18 heavy (non-hydrogen) atoms. The van der Waals surface area contributed by atoms with Crippen LogP contribution in [-0.2, 0) is 9.47 Å². The normalized spacial score (nSPS) is 19.6. The third-order valence-corrected chi connectivity index (χ3v) is 3.85. The SMILES string of the molecule is CCC[C@@H](OCC1CO1)c1cccc(OC)c1Br. The van der Waals surface area contributed by atoms with Crippen LogP contribution < -0.4 is 4.74 Å². The lowest BCUT2D eigenvalue weighted by molar-refractivity contribution is 0.0353. The number of benzene rings is 1. The van der Waals surface area contributed by atoms with Gasteiger partial charge in [-0.25, -0.2) is 0 Å². The molecule has 1 unspecified atom stereocenters. The molecule has 0 N–H and O–H groups in total. The Bertz CT molecular complexity index is 391. The van der Waals surface area contributed by atoms with Crippen LogP contribution in [0.25, 0.3) is 0 Å². The molecule has 1 aromatic rings. The van der Waals surface area contributed by atoms with E-state index in [-0.39, 0.29) is 6.10 Å². The molecular weight excluding hydrogens is 296 g/mol. The molecule has 0 spiro atoms. The van der Waals surface area contributed by atoms with E-state index in [0.717, 1.165) is 35.2 Å². The summed E-state index contributed by atoms with van der Waals surface area (Å²) in [4.78, 5) is 0. The Balaban J connectivity index is 2.12. The quantitative estimate of drug-likeness (QED) is 0.719. The molecule has 0 radical (unpaired) electrons. The van der Waals surface area contributed by atoms with Gasteiger partial charge in [-0.1, -0.05) is 25.5 Å². The largest absolute Gasteiger partial charge is 0.496 e. The summed E-state index contributed by atoms with van der Waals surface area (Å²) in [6, 6.07) is 6.03. The predicted octanol–water partition coefficient (Wildman–Crippen LogP) is 3.71. The summed E-state index contributed by atoms with van der Waals surface area (Å²) < 4.78 is 17.5. The molecule has 4 heteroatoms. The van der Waals surface area contributed by atoms with E-state index in [1.807, 2.05) is 12.1 Å². The minimum Gasteiger partial charge on any atom is -0.496 e. The van der Waals surface area contributed by atoms with Crippen LogP contribution in [0.1, 0.15) is 31.4 Å². The summed E-state index contributed by atoms with van der Waals surface area (Å²) in [7, 11) is 1.68. The highest BCUT2D eigenvalue weighted by Crippen LogP contribution is 2.36. The fraction of sp³-hybridized carbons (Fsp3) is 0.571. The smallest absolute Gasteiger partial charge is 0.133 e. The number of hydrogen-bond donors (Lipinski definition) is 0. The van der Waals surface area contributed by atoms with E-state index in [1.54, 1.807) is 7.11 Å². The lowest BCUT2D eigenvalue weighted by Gasteiger charge is -2.19. The third kappa shape index (κ3) is 3.46. The van der Waals surface area contributed by atoms with Crippen molar-refractivity contribution in [1.82, 2.24) is 0 Å². The molecule has 0 amide bonds. The fourth-order valence-corrected chi connectivity index (χ4v) is 2.59. The number of methoxy groups -OCH3 is 1. The topological polar surface area (TPSA) is 31.0 Å². The number of hydrogen-bond acceptors (Lipinski definition) is 3. The maximum absolute atomic E-state index is 5.96. The van der Waals surface area contributed by atoms with Gasteiger partial charge < -0.3 is 14.2 Å². The molecule has 100 valence electrons. The predicted molar refractivity (Wildman–Crippen MR) is 74.0 cm³/mol.